The van der Waals surface area contributed by atoms with Crippen LogP contribution in [0.25, 0.3) is 0 Å². The molecule has 2 amide bonds. The van der Waals surface area contributed by atoms with Gasteiger partial charge in [0.15, 0.2) is 0 Å². The molecule has 0 aliphatic carbocycles. The summed E-state index contributed by atoms with van der Waals surface area (Å²) in [5, 5.41) is 7.52. The fourth-order valence-corrected chi connectivity index (χ4v) is 3.43. The molecule has 1 aliphatic heterocycles. The standard InChI is InChI=1S/C19H17ClN2O5S/c1-2-26-18(24)15-13(10-27-17(23)14-4-3-9-28-14)21-19(25)22-16(15)11-5-7-12(20)8-6-11/h3-9,16H,2,10H2,1H3,(H2,21,22,25)/t16-/m1/s1. The summed E-state index contributed by atoms with van der Waals surface area (Å²) in [6.07, 6.45) is 0. The number of halogens is 1. The van der Waals surface area contributed by atoms with Crippen molar-refractivity contribution in [3.05, 3.63) is 68.5 Å². The van der Waals surface area contributed by atoms with Crippen LogP contribution in [0, 0.1) is 0 Å². The van der Waals surface area contributed by atoms with E-state index < -0.39 is 24.0 Å². The second-order valence-electron chi connectivity index (χ2n) is 5.75. The first kappa shape index (κ1) is 19.9. The van der Waals surface area contributed by atoms with E-state index in [0.29, 0.717) is 15.5 Å². The quantitative estimate of drug-likeness (QED) is 0.698. The summed E-state index contributed by atoms with van der Waals surface area (Å²) in [4.78, 5) is 37.3. The molecule has 2 heterocycles. The Kier molecular flexibility index (Phi) is 6.33. The Hall–Kier alpha value is -2.84. The van der Waals surface area contributed by atoms with Crippen LogP contribution < -0.4 is 10.6 Å². The van der Waals surface area contributed by atoms with Gasteiger partial charge in [0.1, 0.15) is 11.5 Å². The molecule has 7 nitrogen and oxygen atoms in total. The number of carbonyl (C=O) groups excluding carboxylic acids is 3. The molecule has 28 heavy (non-hydrogen) atoms. The lowest BCUT2D eigenvalue weighted by atomic mass is 9.95. The molecule has 1 atom stereocenters. The maximum atomic E-state index is 12.6. The van der Waals surface area contributed by atoms with Gasteiger partial charge in [-0.05, 0) is 36.1 Å². The van der Waals surface area contributed by atoms with Crippen molar-refractivity contribution >= 4 is 40.9 Å². The molecule has 0 saturated heterocycles. The van der Waals surface area contributed by atoms with Gasteiger partial charge in [-0.15, -0.1) is 11.3 Å². The molecule has 0 bridgehead atoms. The van der Waals surface area contributed by atoms with Gasteiger partial charge in [-0.3, -0.25) is 0 Å². The van der Waals surface area contributed by atoms with E-state index in [-0.39, 0.29) is 24.5 Å². The smallest absolute Gasteiger partial charge is 0.348 e. The molecule has 146 valence electrons. The number of carbonyl (C=O) groups is 3. The number of urea groups is 1. The van der Waals surface area contributed by atoms with Crippen molar-refractivity contribution in [1.82, 2.24) is 10.6 Å². The lowest BCUT2D eigenvalue weighted by molar-refractivity contribution is -0.139. The topological polar surface area (TPSA) is 93.7 Å². The van der Waals surface area contributed by atoms with Crippen molar-refractivity contribution < 1.29 is 23.9 Å². The third-order valence-corrected chi connectivity index (χ3v) is 5.02. The zero-order valence-corrected chi connectivity index (χ0v) is 16.4. The second kappa shape index (κ2) is 8.90. The summed E-state index contributed by atoms with van der Waals surface area (Å²) in [6, 6.07) is 8.80. The number of amides is 2. The van der Waals surface area contributed by atoms with E-state index in [1.165, 1.54) is 11.3 Å². The number of benzene rings is 1. The van der Waals surface area contributed by atoms with Crippen molar-refractivity contribution in [1.29, 1.82) is 0 Å². The van der Waals surface area contributed by atoms with Crippen LogP contribution in [0.1, 0.15) is 28.2 Å². The number of hydrogen-bond acceptors (Lipinski definition) is 6. The summed E-state index contributed by atoms with van der Waals surface area (Å²) in [6.45, 7) is 1.56. The molecule has 1 aromatic heterocycles. The largest absolute Gasteiger partial charge is 0.463 e. The lowest BCUT2D eigenvalue weighted by Crippen LogP contribution is -2.47. The van der Waals surface area contributed by atoms with E-state index in [2.05, 4.69) is 10.6 Å². The van der Waals surface area contributed by atoms with Gasteiger partial charge in [0.2, 0.25) is 0 Å². The van der Waals surface area contributed by atoms with Gasteiger partial charge < -0.3 is 20.1 Å². The van der Waals surface area contributed by atoms with Crippen LogP contribution in [-0.2, 0) is 14.3 Å². The van der Waals surface area contributed by atoms with E-state index in [0.717, 1.165) is 0 Å². The highest BCUT2D eigenvalue weighted by molar-refractivity contribution is 7.11. The van der Waals surface area contributed by atoms with Crippen molar-refractivity contribution in [3.63, 3.8) is 0 Å². The Morgan fingerprint density at radius 1 is 1.14 bits per heavy atom. The minimum atomic E-state index is -0.763. The van der Waals surface area contributed by atoms with Gasteiger partial charge in [-0.25, -0.2) is 14.4 Å². The Morgan fingerprint density at radius 3 is 2.54 bits per heavy atom. The van der Waals surface area contributed by atoms with Crippen molar-refractivity contribution in [3.8, 4) is 0 Å². The van der Waals surface area contributed by atoms with Crippen molar-refractivity contribution in [2.45, 2.75) is 13.0 Å². The summed E-state index contributed by atoms with van der Waals surface area (Å²) in [5.74, 6) is -1.15. The summed E-state index contributed by atoms with van der Waals surface area (Å²) in [5.41, 5.74) is 0.985. The third-order valence-electron chi connectivity index (χ3n) is 3.92. The first-order chi connectivity index (χ1) is 13.5. The summed E-state index contributed by atoms with van der Waals surface area (Å²) >= 11 is 7.17. The fourth-order valence-electron chi connectivity index (χ4n) is 2.69. The van der Waals surface area contributed by atoms with E-state index >= 15 is 0 Å². The number of thiophene rings is 1. The van der Waals surface area contributed by atoms with Gasteiger partial charge in [0.05, 0.1) is 23.9 Å². The van der Waals surface area contributed by atoms with E-state index in [9.17, 15) is 14.4 Å². The lowest BCUT2D eigenvalue weighted by Gasteiger charge is -2.29. The Morgan fingerprint density at radius 2 is 1.89 bits per heavy atom. The molecule has 0 unspecified atom stereocenters. The van der Waals surface area contributed by atoms with Gasteiger partial charge in [0, 0.05) is 5.02 Å². The molecule has 0 spiro atoms. The zero-order chi connectivity index (χ0) is 20.1. The predicted octanol–water partition coefficient (Wildman–Crippen LogP) is 3.43. The number of hydrogen-bond donors (Lipinski definition) is 2. The van der Waals surface area contributed by atoms with Gasteiger partial charge in [0.25, 0.3) is 0 Å². The maximum Gasteiger partial charge on any atom is 0.348 e. The van der Waals surface area contributed by atoms with Crippen LogP contribution in [0.4, 0.5) is 4.79 Å². The highest BCUT2D eigenvalue weighted by Crippen LogP contribution is 2.29. The second-order valence-corrected chi connectivity index (χ2v) is 7.13. The van der Waals surface area contributed by atoms with Crippen molar-refractivity contribution in [2.24, 2.45) is 0 Å². The van der Waals surface area contributed by atoms with Gasteiger partial charge >= 0.3 is 18.0 Å². The maximum absolute atomic E-state index is 12.6. The third kappa shape index (κ3) is 4.52. The average molecular weight is 421 g/mol. The molecule has 2 aromatic rings. The first-order valence-electron chi connectivity index (χ1n) is 8.43. The fraction of sp³-hybridized carbons (Fsp3) is 0.211. The highest BCUT2D eigenvalue weighted by atomic mass is 35.5. The Balaban J connectivity index is 1.93. The van der Waals surface area contributed by atoms with Crippen LogP contribution in [0.15, 0.2) is 53.0 Å². The van der Waals surface area contributed by atoms with Crippen LogP contribution in [-0.4, -0.2) is 31.2 Å². The molecule has 0 fully saturated rings. The summed E-state index contributed by atoms with van der Waals surface area (Å²) in [7, 11) is 0. The molecule has 1 aromatic carbocycles. The summed E-state index contributed by atoms with van der Waals surface area (Å²) < 4.78 is 10.4. The number of rotatable bonds is 6. The zero-order valence-electron chi connectivity index (χ0n) is 14.9. The van der Waals surface area contributed by atoms with E-state index in [4.69, 9.17) is 21.1 Å². The highest BCUT2D eigenvalue weighted by Gasteiger charge is 2.34. The average Bonchev–Trinajstić information content (AvgIpc) is 3.21. The monoisotopic (exact) mass is 420 g/mol. The van der Waals surface area contributed by atoms with Crippen LogP contribution in [0.2, 0.25) is 5.02 Å². The molecule has 0 radical (unpaired) electrons. The minimum absolute atomic E-state index is 0.159. The van der Waals surface area contributed by atoms with E-state index in [1.54, 1.807) is 48.7 Å². The number of ether oxygens (including phenoxy) is 2. The normalized spacial score (nSPS) is 16.2. The molecular formula is C19H17ClN2O5S. The van der Waals surface area contributed by atoms with E-state index in [1.807, 2.05) is 0 Å². The van der Waals surface area contributed by atoms with Crippen LogP contribution >= 0.6 is 22.9 Å². The number of nitrogens with one attached hydrogen (secondary N) is 2. The van der Waals surface area contributed by atoms with Crippen LogP contribution in [0.3, 0.4) is 0 Å². The Bertz CT molecular complexity index is 909. The number of esters is 2. The van der Waals surface area contributed by atoms with Gasteiger partial charge in [-0.2, -0.15) is 0 Å². The molecule has 1 aliphatic rings. The molecular weight excluding hydrogens is 404 g/mol. The molecule has 2 N–H and O–H groups in total. The molecule has 9 heteroatoms. The minimum Gasteiger partial charge on any atom is -0.463 e. The van der Waals surface area contributed by atoms with Gasteiger partial charge in [-0.1, -0.05) is 29.8 Å². The molecule has 0 saturated carbocycles. The SMILES string of the molecule is CCOC(=O)C1=C(COC(=O)c2cccs2)NC(=O)N[C@@H]1c1ccc(Cl)cc1. The Labute approximate surface area is 170 Å². The first-order valence-corrected chi connectivity index (χ1v) is 9.69. The van der Waals surface area contributed by atoms with Crippen LogP contribution in [0.5, 0.6) is 0 Å². The molecule has 3 rings (SSSR count). The van der Waals surface area contributed by atoms with Crippen molar-refractivity contribution in [2.75, 3.05) is 13.2 Å². The predicted molar refractivity (Wildman–Crippen MR) is 104 cm³/mol.